The molecule has 1 aromatic carbocycles. The monoisotopic (exact) mass is 264 g/mol. The van der Waals surface area contributed by atoms with Gasteiger partial charge in [-0.3, -0.25) is 4.79 Å². The highest BCUT2D eigenvalue weighted by Gasteiger charge is 2.30. The van der Waals surface area contributed by atoms with E-state index in [0.29, 0.717) is 24.3 Å². The first kappa shape index (κ1) is 15.5. The molecule has 1 aromatic rings. The summed E-state index contributed by atoms with van der Waals surface area (Å²) in [4.78, 5) is 12.2. The van der Waals surface area contributed by atoms with E-state index in [9.17, 15) is 4.79 Å². The van der Waals surface area contributed by atoms with Gasteiger partial charge in [0.05, 0.1) is 17.3 Å². The third-order valence-corrected chi connectivity index (χ3v) is 3.21. The maximum absolute atomic E-state index is 12.2. The van der Waals surface area contributed by atoms with Crippen LogP contribution in [0.1, 0.15) is 40.5 Å². The summed E-state index contributed by atoms with van der Waals surface area (Å²) in [5.41, 5.74) is 5.92. The molecule has 0 fully saturated rings. The Morgan fingerprint density at radius 3 is 2.42 bits per heavy atom. The van der Waals surface area contributed by atoms with Gasteiger partial charge in [0.1, 0.15) is 5.75 Å². The number of benzene rings is 1. The van der Waals surface area contributed by atoms with Crippen LogP contribution < -0.4 is 15.8 Å². The van der Waals surface area contributed by atoms with Gasteiger partial charge in [-0.1, -0.05) is 26.0 Å². The summed E-state index contributed by atoms with van der Waals surface area (Å²) < 4.78 is 5.67. The van der Waals surface area contributed by atoms with Crippen molar-refractivity contribution < 1.29 is 9.53 Å². The van der Waals surface area contributed by atoms with Gasteiger partial charge in [0, 0.05) is 0 Å². The number of carbonyl (C=O) groups excluding carboxylic acids is 1. The van der Waals surface area contributed by atoms with E-state index in [1.807, 2.05) is 52.0 Å². The van der Waals surface area contributed by atoms with Gasteiger partial charge in [0.15, 0.2) is 0 Å². The summed E-state index contributed by atoms with van der Waals surface area (Å²) in [5, 5.41) is 2.87. The van der Waals surface area contributed by atoms with Crippen LogP contribution in [0.4, 0.5) is 5.69 Å². The molecule has 0 aliphatic heterocycles. The normalized spacial score (nSPS) is 11.5. The lowest BCUT2D eigenvalue weighted by Gasteiger charge is -2.26. The molecule has 0 radical (unpaired) electrons. The Kier molecular flexibility index (Phi) is 5.36. The van der Waals surface area contributed by atoms with E-state index in [4.69, 9.17) is 10.5 Å². The molecule has 0 aromatic heterocycles. The lowest BCUT2D eigenvalue weighted by molar-refractivity contribution is -0.121. The number of amides is 1. The molecule has 0 atom stereocenters. The van der Waals surface area contributed by atoms with Crippen molar-refractivity contribution in [3.8, 4) is 5.75 Å². The van der Waals surface area contributed by atoms with Gasteiger partial charge in [0.25, 0.3) is 0 Å². The molecule has 0 bridgehead atoms. The van der Waals surface area contributed by atoms with Gasteiger partial charge in [-0.2, -0.15) is 0 Å². The van der Waals surface area contributed by atoms with Crippen molar-refractivity contribution in [2.45, 2.75) is 52.2 Å². The summed E-state index contributed by atoms with van der Waals surface area (Å²) in [6.45, 7) is 7.73. The third kappa shape index (κ3) is 3.96. The molecular formula is C15H24N2O2. The topological polar surface area (TPSA) is 64.4 Å². The van der Waals surface area contributed by atoms with E-state index in [1.54, 1.807) is 0 Å². The molecule has 106 valence electrons. The number of para-hydroxylation sites is 2. The van der Waals surface area contributed by atoms with Crippen LogP contribution in [0.5, 0.6) is 5.75 Å². The summed E-state index contributed by atoms with van der Waals surface area (Å²) in [6, 6.07) is 7.40. The van der Waals surface area contributed by atoms with E-state index >= 15 is 0 Å². The van der Waals surface area contributed by atoms with E-state index in [0.717, 1.165) is 0 Å². The molecule has 0 saturated carbocycles. The Morgan fingerprint density at radius 2 is 1.89 bits per heavy atom. The zero-order valence-electron chi connectivity index (χ0n) is 12.2. The van der Waals surface area contributed by atoms with Crippen molar-refractivity contribution in [3.63, 3.8) is 0 Å². The quantitative estimate of drug-likeness (QED) is 0.830. The lowest BCUT2D eigenvalue weighted by Crippen LogP contribution is -2.50. The maximum atomic E-state index is 12.2. The number of hydrogen-bond donors (Lipinski definition) is 2. The molecule has 19 heavy (non-hydrogen) atoms. The van der Waals surface area contributed by atoms with E-state index in [1.165, 1.54) is 0 Å². The summed E-state index contributed by atoms with van der Waals surface area (Å²) in [7, 11) is 0. The molecule has 4 heteroatoms. The molecule has 0 aliphatic rings. The number of ether oxygens (including phenoxy) is 1. The highest BCUT2D eigenvalue weighted by molar-refractivity contribution is 5.98. The minimum atomic E-state index is -0.828. The third-order valence-electron chi connectivity index (χ3n) is 3.21. The second kappa shape index (κ2) is 6.57. The second-order valence-corrected chi connectivity index (χ2v) is 4.98. The van der Waals surface area contributed by atoms with Crippen molar-refractivity contribution in [1.29, 1.82) is 0 Å². The Labute approximate surface area is 115 Å². The number of rotatable bonds is 6. The van der Waals surface area contributed by atoms with Gasteiger partial charge in [-0.25, -0.2) is 0 Å². The highest BCUT2D eigenvalue weighted by atomic mass is 16.5. The van der Waals surface area contributed by atoms with Crippen molar-refractivity contribution in [2.24, 2.45) is 5.73 Å². The van der Waals surface area contributed by atoms with Gasteiger partial charge in [0.2, 0.25) is 5.91 Å². The van der Waals surface area contributed by atoms with Crippen LogP contribution in [0.25, 0.3) is 0 Å². The van der Waals surface area contributed by atoms with Gasteiger partial charge < -0.3 is 15.8 Å². The van der Waals surface area contributed by atoms with Crippen molar-refractivity contribution in [3.05, 3.63) is 24.3 Å². The van der Waals surface area contributed by atoms with Crippen LogP contribution in [0.2, 0.25) is 0 Å². The predicted octanol–water partition coefficient (Wildman–Crippen LogP) is 2.93. The smallest absolute Gasteiger partial charge is 0.244 e. The molecule has 0 spiro atoms. The van der Waals surface area contributed by atoms with E-state index in [-0.39, 0.29) is 12.0 Å². The van der Waals surface area contributed by atoms with Crippen LogP contribution >= 0.6 is 0 Å². The molecule has 0 saturated heterocycles. The molecule has 3 N–H and O–H groups in total. The Bertz CT molecular complexity index is 426. The molecule has 0 heterocycles. The van der Waals surface area contributed by atoms with Gasteiger partial charge >= 0.3 is 0 Å². The summed E-state index contributed by atoms with van der Waals surface area (Å²) >= 11 is 0. The lowest BCUT2D eigenvalue weighted by atomic mass is 9.93. The zero-order chi connectivity index (χ0) is 14.5. The minimum Gasteiger partial charge on any atom is -0.489 e. The van der Waals surface area contributed by atoms with Crippen molar-refractivity contribution in [1.82, 2.24) is 0 Å². The number of carbonyl (C=O) groups is 1. The van der Waals surface area contributed by atoms with E-state index in [2.05, 4.69) is 5.32 Å². The average molecular weight is 264 g/mol. The highest BCUT2D eigenvalue weighted by Crippen LogP contribution is 2.26. The van der Waals surface area contributed by atoms with Crippen LogP contribution in [-0.2, 0) is 4.79 Å². The SMILES string of the molecule is CCC(N)(CC)C(=O)Nc1ccccc1OC(C)C. The first-order chi connectivity index (χ1) is 8.92. The summed E-state index contributed by atoms with van der Waals surface area (Å²) in [6.07, 6.45) is 1.25. The number of anilines is 1. The standard InChI is InChI=1S/C15H24N2O2/c1-5-15(16,6-2)14(18)17-12-9-7-8-10-13(12)19-11(3)4/h7-11H,5-6,16H2,1-4H3,(H,17,18). The average Bonchev–Trinajstić information content (AvgIpc) is 2.39. The second-order valence-electron chi connectivity index (χ2n) is 4.98. The van der Waals surface area contributed by atoms with Crippen LogP contribution in [0, 0.1) is 0 Å². The predicted molar refractivity (Wildman–Crippen MR) is 78.3 cm³/mol. The van der Waals surface area contributed by atoms with E-state index < -0.39 is 5.54 Å². The first-order valence-electron chi connectivity index (χ1n) is 6.79. The van der Waals surface area contributed by atoms with Crippen molar-refractivity contribution in [2.75, 3.05) is 5.32 Å². The number of nitrogens with two attached hydrogens (primary N) is 1. The molecular weight excluding hydrogens is 240 g/mol. The molecule has 4 nitrogen and oxygen atoms in total. The van der Waals surface area contributed by atoms with Crippen molar-refractivity contribution >= 4 is 11.6 Å². The summed E-state index contributed by atoms with van der Waals surface area (Å²) in [5.74, 6) is 0.498. The Morgan fingerprint density at radius 1 is 1.32 bits per heavy atom. The zero-order valence-corrected chi connectivity index (χ0v) is 12.2. The first-order valence-corrected chi connectivity index (χ1v) is 6.79. The molecule has 1 rings (SSSR count). The molecule has 1 amide bonds. The van der Waals surface area contributed by atoms with Crippen LogP contribution in [0.3, 0.4) is 0 Å². The van der Waals surface area contributed by atoms with Gasteiger partial charge in [-0.05, 0) is 38.8 Å². The maximum Gasteiger partial charge on any atom is 0.244 e. The Balaban J connectivity index is 2.90. The fraction of sp³-hybridized carbons (Fsp3) is 0.533. The van der Waals surface area contributed by atoms with Crippen LogP contribution in [-0.4, -0.2) is 17.6 Å². The number of hydrogen-bond acceptors (Lipinski definition) is 3. The van der Waals surface area contributed by atoms with Gasteiger partial charge in [-0.15, -0.1) is 0 Å². The molecule has 0 unspecified atom stereocenters. The molecule has 0 aliphatic carbocycles. The fourth-order valence-electron chi connectivity index (χ4n) is 1.74. The largest absolute Gasteiger partial charge is 0.489 e. The number of nitrogens with one attached hydrogen (secondary N) is 1. The Hall–Kier alpha value is -1.55. The minimum absolute atomic E-state index is 0.0537. The van der Waals surface area contributed by atoms with Crippen LogP contribution in [0.15, 0.2) is 24.3 Å². The fourth-order valence-corrected chi connectivity index (χ4v) is 1.74.